The van der Waals surface area contributed by atoms with Crippen molar-refractivity contribution in [3.8, 4) is 6.07 Å². The monoisotopic (exact) mass is 197 g/mol. The van der Waals surface area contributed by atoms with Gasteiger partial charge in [0, 0.05) is 6.07 Å². The molecule has 0 heterocycles. The molecule has 0 bridgehead atoms. The Balaban J connectivity index is 3.18. The molecule has 0 aliphatic heterocycles. The van der Waals surface area contributed by atoms with Crippen LogP contribution in [0.3, 0.4) is 0 Å². The lowest BCUT2D eigenvalue weighted by atomic mass is 10.0. The lowest BCUT2D eigenvalue weighted by Crippen LogP contribution is -2.09. The summed E-state index contributed by atoms with van der Waals surface area (Å²) in [5.41, 5.74) is -0.197. The van der Waals surface area contributed by atoms with Crippen molar-refractivity contribution < 1.29 is 18.7 Å². The highest BCUT2D eigenvalue weighted by atomic mass is 19.1. The second kappa shape index (κ2) is 3.83. The predicted octanol–water partition coefficient (Wildman–Crippen LogP) is 1.66. The van der Waals surface area contributed by atoms with Gasteiger partial charge in [0.25, 0.3) is 0 Å². The van der Waals surface area contributed by atoms with Crippen LogP contribution < -0.4 is 0 Å². The highest BCUT2D eigenvalue weighted by molar-refractivity contribution is 5.79. The Hall–Kier alpha value is -1.96. The van der Waals surface area contributed by atoms with Crippen molar-refractivity contribution in [2.45, 2.75) is 5.92 Å². The summed E-state index contributed by atoms with van der Waals surface area (Å²) in [6.07, 6.45) is 0. The molecule has 1 aromatic carbocycles. The minimum absolute atomic E-state index is 0.197. The number of halogens is 2. The smallest absolute Gasteiger partial charge is 0.325 e. The van der Waals surface area contributed by atoms with E-state index in [-0.39, 0.29) is 5.56 Å². The van der Waals surface area contributed by atoms with E-state index in [0.29, 0.717) is 6.07 Å². The minimum Gasteiger partial charge on any atom is -0.480 e. The predicted molar refractivity (Wildman–Crippen MR) is 42.3 cm³/mol. The highest BCUT2D eigenvalue weighted by Gasteiger charge is 2.20. The maximum atomic E-state index is 12.6. The first-order valence-corrected chi connectivity index (χ1v) is 3.63. The van der Waals surface area contributed by atoms with E-state index in [1.165, 1.54) is 6.07 Å². The number of benzene rings is 1. The SMILES string of the molecule is N#CC(C(=O)O)c1cc(F)cc(F)c1. The molecule has 0 radical (unpaired) electrons. The fourth-order valence-corrected chi connectivity index (χ4v) is 1.01. The van der Waals surface area contributed by atoms with E-state index in [0.717, 1.165) is 12.1 Å². The Bertz CT molecular complexity index is 392. The van der Waals surface area contributed by atoms with E-state index in [4.69, 9.17) is 10.4 Å². The molecule has 72 valence electrons. The standard InChI is InChI=1S/C9H5F2NO2/c10-6-1-5(2-7(11)3-6)8(4-12)9(13)14/h1-3,8H,(H,13,14). The number of nitrogens with zero attached hydrogens (tertiary/aromatic N) is 1. The zero-order chi connectivity index (χ0) is 10.7. The molecule has 1 aromatic rings. The summed E-state index contributed by atoms with van der Waals surface area (Å²) >= 11 is 0. The number of aliphatic carboxylic acids is 1. The lowest BCUT2D eigenvalue weighted by Gasteiger charge is -2.03. The van der Waals surface area contributed by atoms with E-state index >= 15 is 0 Å². The lowest BCUT2D eigenvalue weighted by molar-refractivity contribution is -0.137. The quantitative estimate of drug-likeness (QED) is 0.784. The van der Waals surface area contributed by atoms with E-state index in [1.54, 1.807) is 0 Å². The summed E-state index contributed by atoms with van der Waals surface area (Å²) in [6.45, 7) is 0. The number of hydrogen-bond donors (Lipinski definition) is 1. The summed E-state index contributed by atoms with van der Waals surface area (Å²) in [7, 11) is 0. The van der Waals surface area contributed by atoms with Crippen LogP contribution in [0.5, 0.6) is 0 Å². The van der Waals surface area contributed by atoms with Crippen LogP contribution in [-0.2, 0) is 4.79 Å². The van der Waals surface area contributed by atoms with Crippen LogP contribution in [0.15, 0.2) is 18.2 Å². The molecular formula is C9H5F2NO2. The topological polar surface area (TPSA) is 61.1 Å². The maximum absolute atomic E-state index is 12.6. The second-order valence-electron chi connectivity index (χ2n) is 2.60. The average molecular weight is 197 g/mol. The number of carboxylic acids is 1. The van der Waals surface area contributed by atoms with Gasteiger partial charge in [0.2, 0.25) is 0 Å². The molecule has 0 aromatic heterocycles. The molecule has 0 aliphatic rings. The summed E-state index contributed by atoms with van der Waals surface area (Å²) in [5.74, 6) is -4.78. The molecule has 5 heteroatoms. The third kappa shape index (κ3) is 2.04. The fraction of sp³-hybridized carbons (Fsp3) is 0.111. The van der Waals surface area contributed by atoms with Crippen molar-refractivity contribution in [3.63, 3.8) is 0 Å². The van der Waals surface area contributed by atoms with Gasteiger partial charge < -0.3 is 5.11 Å². The van der Waals surface area contributed by atoms with Crippen LogP contribution in [0, 0.1) is 23.0 Å². The zero-order valence-electron chi connectivity index (χ0n) is 6.87. The molecule has 1 unspecified atom stereocenters. The van der Waals surface area contributed by atoms with E-state index in [9.17, 15) is 13.6 Å². The number of hydrogen-bond acceptors (Lipinski definition) is 2. The summed E-state index contributed by atoms with van der Waals surface area (Å²) < 4.78 is 25.3. The summed E-state index contributed by atoms with van der Waals surface area (Å²) in [4.78, 5) is 10.5. The zero-order valence-corrected chi connectivity index (χ0v) is 6.87. The van der Waals surface area contributed by atoms with Gasteiger partial charge in [-0.15, -0.1) is 0 Å². The van der Waals surface area contributed by atoms with Crippen molar-refractivity contribution in [1.82, 2.24) is 0 Å². The van der Waals surface area contributed by atoms with Gasteiger partial charge >= 0.3 is 5.97 Å². The van der Waals surface area contributed by atoms with Crippen molar-refractivity contribution in [3.05, 3.63) is 35.4 Å². The number of carbonyl (C=O) groups is 1. The largest absolute Gasteiger partial charge is 0.480 e. The molecule has 1 N–H and O–H groups in total. The van der Waals surface area contributed by atoms with Crippen molar-refractivity contribution >= 4 is 5.97 Å². The third-order valence-corrected chi connectivity index (χ3v) is 1.59. The van der Waals surface area contributed by atoms with Gasteiger partial charge in [-0.25, -0.2) is 8.78 Å². The van der Waals surface area contributed by atoms with E-state index in [2.05, 4.69) is 0 Å². The van der Waals surface area contributed by atoms with Crippen LogP contribution in [0.2, 0.25) is 0 Å². The molecule has 14 heavy (non-hydrogen) atoms. The second-order valence-corrected chi connectivity index (χ2v) is 2.60. The van der Waals surface area contributed by atoms with Crippen LogP contribution in [0.1, 0.15) is 11.5 Å². The first-order valence-electron chi connectivity index (χ1n) is 3.63. The van der Waals surface area contributed by atoms with Gasteiger partial charge in [0.1, 0.15) is 11.6 Å². The Kier molecular flexibility index (Phi) is 2.77. The van der Waals surface area contributed by atoms with Gasteiger partial charge in [-0.3, -0.25) is 4.79 Å². The number of rotatable bonds is 2. The minimum atomic E-state index is -1.54. The summed E-state index contributed by atoms with van der Waals surface area (Å²) in [6, 6.07) is 3.70. The Morgan fingerprint density at radius 1 is 1.36 bits per heavy atom. The molecule has 0 saturated carbocycles. The van der Waals surface area contributed by atoms with E-state index in [1.807, 2.05) is 0 Å². The summed E-state index contributed by atoms with van der Waals surface area (Å²) in [5, 5.41) is 17.0. The van der Waals surface area contributed by atoms with Crippen LogP contribution in [0.4, 0.5) is 8.78 Å². The number of carboxylic acid groups (broad SMARTS) is 1. The first-order chi connectivity index (χ1) is 6.54. The van der Waals surface area contributed by atoms with Crippen LogP contribution in [0.25, 0.3) is 0 Å². The van der Waals surface area contributed by atoms with Gasteiger partial charge in [-0.2, -0.15) is 5.26 Å². The Morgan fingerprint density at radius 3 is 2.21 bits per heavy atom. The molecule has 1 rings (SSSR count). The van der Waals surface area contributed by atoms with Crippen LogP contribution in [-0.4, -0.2) is 11.1 Å². The Morgan fingerprint density at radius 2 is 1.86 bits per heavy atom. The first kappa shape index (κ1) is 10.1. The van der Waals surface area contributed by atoms with Crippen LogP contribution >= 0.6 is 0 Å². The molecule has 0 saturated heterocycles. The molecule has 0 aliphatic carbocycles. The van der Waals surface area contributed by atoms with Gasteiger partial charge in [0.05, 0.1) is 6.07 Å². The molecule has 0 spiro atoms. The fourth-order valence-electron chi connectivity index (χ4n) is 1.01. The molecule has 1 atom stereocenters. The van der Waals surface area contributed by atoms with Crippen molar-refractivity contribution in [2.75, 3.05) is 0 Å². The average Bonchev–Trinajstić information content (AvgIpc) is 2.02. The van der Waals surface area contributed by atoms with Gasteiger partial charge in [-0.1, -0.05) is 0 Å². The van der Waals surface area contributed by atoms with Gasteiger partial charge in [0.15, 0.2) is 5.92 Å². The molecule has 3 nitrogen and oxygen atoms in total. The third-order valence-electron chi connectivity index (χ3n) is 1.59. The van der Waals surface area contributed by atoms with Crippen molar-refractivity contribution in [1.29, 1.82) is 5.26 Å². The maximum Gasteiger partial charge on any atom is 0.325 e. The van der Waals surface area contributed by atoms with Gasteiger partial charge in [-0.05, 0) is 17.7 Å². The molecular weight excluding hydrogens is 192 g/mol. The molecule has 0 amide bonds. The normalized spacial score (nSPS) is 11.8. The Labute approximate surface area is 78.2 Å². The van der Waals surface area contributed by atoms with Crippen molar-refractivity contribution in [2.24, 2.45) is 0 Å². The van der Waals surface area contributed by atoms with E-state index < -0.39 is 23.5 Å². The molecule has 0 fully saturated rings. The number of nitriles is 1. The highest BCUT2D eigenvalue weighted by Crippen LogP contribution is 2.17.